The van der Waals surface area contributed by atoms with Gasteiger partial charge in [0.2, 0.25) is 0 Å². The minimum atomic E-state index is 0. The van der Waals surface area contributed by atoms with Crippen LogP contribution in [0, 0.1) is 6.92 Å². The Morgan fingerprint density at radius 1 is 1.12 bits per heavy atom. The van der Waals surface area contributed by atoms with E-state index in [0.717, 1.165) is 44.1 Å². The zero-order chi connectivity index (χ0) is 17.9. The van der Waals surface area contributed by atoms with E-state index in [1.807, 2.05) is 20.2 Å². The van der Waals surface area contributed by atoms with Gasteiger partial charge in [-0.25, -0.2) is 0 Å². The van der Waals surface area contributed by atoms with Crippen molar-refractivity contribution in [2.24, 2.45) is 4.99 Å². The quantitative estimate of drug-likeness (QED) is 0.257. The van der Waals surface area contributed by atoms with Gasteiger partial charge in [0, 0.05) is 50.7 Å². The van der Waals surface area contributed by atoms with Gasteiger partial charge in [0.15, 0.2) is 5.96 Å². The van der Waals surface area contributed by atoms with Gasteiger partial charge < -0.3 is 10.6 Å². The SMILES string of the molecule is CN=C(NCCCN(C(C)C)C(C)C)NCCc1ccc(C)nc1.I. The Morgan fingerprint density at radius 2 is 1.76 bits per heavy atom. The number of aromatic nitrogens is 1. The van der Waals surface area contributed by atoms with Gasteiger partial charge in [0.1, 0.15) is 0 Å². The standard InChI is InChI=1S/C19H35N5.HI/c1-15(2)24(16(3)4)13-7-11-21-19(20-6)22-12-10-18-9-8-17(5)23-14-18;/h8-9,14-16H,7,10-13H2,1-6H3,(H2,20,21,22);1H. The number of guanidine groups is 1. The lowest BCUT2D eigenvalue weighted by molar-refractivity contribution is 0.173. The summed E-state index contributed by atoms with van der Waals surface area (Å²) in [5.74, 6) is 0.871. The van der Waals surface area contributed by atoms with E-state index in [0.29, 0.717) is 12.1 Å². The monoisotopic (exact) mass is 461 g/mol. The maximum absolute atomic E-state index is 4.32. The molecule has 144 valence electrons. The van der Waals surface area contributed by atoms with E-state index < -0.39 is 0 Å². The molecule has 0 aliphatic heterocycles. The van der Waals surface area contributed by atoms with Crippen LogP contribution in [0.5, 0.6) is 0 Å². The number of nitrogens with one attached hydrogen (secondary N) is 2. The predicted octanol–water partition coefficient (Wildman–Crippen LogP) is 3.22. The van der Waals surface area contributed by atoms with Crippen molar-refractivity contribution in [1.82, 2.24) is 20.5 Å². The molecule has 0 atom stereocenters. The molecular weight excluding hydrogens is 425 g/mol. The van der Waals surface area contributed by atoms with Crippen LogP contribution >= 0.6 is 24.0 Å². The molecule has 25 heavy (non-hydrogen) atoms. The minimum Gasteiger partial charge on any atom is -0.356 e. The Morgan fingerprint density at radius 3 is 2.28 bits per heavy atom. The number of aliphatic imine (C=N–C) groups is 1. The van der Waals surface area contributed by atoms with Gasteiger partial charge in [-0.2, -0.15) is 0 Å². The summed E-state index contributed by atoms with van der Waals surface area (Å²) in [4.78, 5) is 11.1. The van der Waals surface area contributed by atoms with E-state index in [1.165, 1.54) is 5.56 Å². The molecule has 6 heteroatoms. The highest BCUT2D eigenvalue weighted by molar-refractivity contribution is 14.0. The second-order valence-corrected chi connectivity index (χ2v) is 6.76. The minimum absolute atomic E-state index is 0. The summed E-state index contributed by atoms with van der Waals surface area (Å²) >= 11 is 0. The zero-order valence-corrected chi connectivity index (χ0v) is 19.0. The smallest absolute Gasteiger partial charge is 0.190 e. The summed E-state index contributed by atoms with van der Waals surface area (Å²) in [6.07, 6.45) is 4.00. The van der Waals surface area contributed by atoms with Crippen LogP contribution in [0.25, 0.3) is 0 Å². The number of aryl methyl sites for hydroxylation is 1. The second kappa shape index (κ2) is 13.3. The molecule has 0 radical (unpaired) electrons. The van der Waals surface area contributed by atoms with Crippen molar-refractivity contribution in [2.45, 2.75) is 59.5 Å². The molecule has 0 fully saturated rings. The van der Waals surface area contributed by atoms with Gasteiger partial charge in [-0.15, -0.1) is 24.0 Å². The average molecular weight is 461 g/mol. The summed E-state index contributed by atoms with van der Waals surface area (Å²) in [5.41, 5.74) is 2.30. The van der Waals surface area contributed by atoms with Crippen molar-refractivity contribution in [3.63, 3.8) is 0 Å². The zero-order valence-electron chi connectivity index (χ0n) is 16.7. The number of pyridine rings is 1. The molecule has 0 spiro atoms. The second-order valence-electron chi connectivity index (χ2n) is 6.76. The van der Waals surface area contributed by atoms with Crippen LogP contribution < -0.4 is 10.6 Å². The molecule has 0 saturated carbocycles. The molecule has 0 bridgehead atoms. The molecule has 1 aromatic rings. The van der Waals surface area contributed by atoms with Crippen LogP contribution in [-0.4, -0.2) is 54.6 Å². The van der Waals surface area contributed by atoms with Crippen molar-refractivity contribution >= 4 is 29.9 Å². The third-order valence-electron chi connectivity index (χ3n) is 4.11. The van der Waals surface area contributed by atoms with Crippen LogP contribution in [0.15, 0.2) is 23.3 Å². The lowest BCUT2D eigenvalue weighted by Crippen LogP contribution is -2.41. The molecule has 5 nitrogen and oxygen atoms in total. The highest BCUT2D eigenvalue weighted by atomic mass is 127. The molecule has 2 N–H and O–H groups in total. The Kier molecular flexibility index (Phi) is 12.9. The number of halogens is 1. The van der Waals surface area contributed by atoms with Gasteiger partial charge in [-0.05, 0) is 59.1 Å². The van der Waals surface area contributed by atoms with Gasteiger partial charge in [0.25, 0.3) is 0 Å². The summed E-state index contributed by atoms with van der Waals surface area (Å²) in [7, 11) is 1.82. The van der Waals surface area contributed by atoms with Crippen molar-refractivity contribution in [1.29, 1.82) is 0 Å². The summed E-state index contributed by atoms with van der Waals surface area (Å²) < 4.78 is 0. The molecule has 0 aliphatic rings. The first-order chi connectivity index (χ1) is 11.4. The summed E-state index contributed by atoms with van der Waals surface area (Å²) in [6, 6.07) is 5.36. The van der Waals surface area contributed by atoms with Gasteiger partial charge in [-0.1, -0.05) is 6.07 Å². The van der Waals surface area contributed by atoms with Crippen molar-refractivity contribution in [3.8, 4) is 0 Å². The van der Waals surface area contributed by atoms with Gasteiger partial charge in [-0.3, -0.25) is 14.9 Å². The number of hydrogen-bond donors (Lipinski definition) is 2. The van der Waals surface area contributed by atoms with Crippen molar-refractivity contribution in [3.05, 3.63) is 29.6 Å². The summed E-state index contributed by atoms with van der Waals surface area (Å²) in [5, 5.41) is 6.76. The Hall–Kier alpha value is -0.890. The van der Waals surface area contributed by atoms with Crippen LogP contribution in [-0.2, 0) is 6.42 Å². The van der Waals surface area contributed by atoms with Crippen LogP contribution in [0.1, 0.15) is 45.4 Å². The molecule has 0 unspecified atom stereocenters. The first-order valence-electron chi connectivity index (χ1n) is 9.05. The first-order valence-corrected chi connectivity index (χ1v) is 9.05. The largest absolute Gasteiger partial charge is 0.356 e. The molecule has 1 heterocycles. The topological polar surface area (TPSA) is 52.6 Å². The fourth-order valence-corrected chi connectivity index (χ4v) is 2.77. The van der Waals surface area contributed by atoms with E-state index in [2.05, 4.69) is 65.3 Å². The Labute approximate surface area is 171 Å². The molecule has 1 aromatic heterocycles. The van der Waals surface area contributed by atoms with Gasteiger partial charge in [0.05, 0.1) is 0 Å². The normalized spacial score (nSPS) is 11.8. The summed E-state index contributed by atoms with van der Waals surface area (Å²) in [6.45, 7) is 13.9. The molecule has 0 aliphatic carbocycles. The molecule has 0 aromatic carbocycles. The van der Waals surface area contributed by atoms with Crippen molar-refractivity contribution < 1.29 is 0 Å². The third kappa shape index (κ3) is 9.99. The lowest BCUT2D eigenvalue weighted by atomic mass is 10.2. The fourth-order valence-electron chi connectivity index (χ4n) is 2.77. The maximum atomic E-state index is 4.32. The van der Waals surface area contributed by atoms with Gasteiger partial charge >= 0.3 is 0 Å². The third-order valence-corrected chi connectivity index (χ3v) is 4.11. The lowest BCUT2D eigenvalue weighted by Gasteiger charge is -2.30. The highest BCUT2D eigenvalue weighted by Gasteiger charge is 2.12. The maximum Gasteiger partial charge on any atom is 0.190 e. The van der Waals surface area contributed by atoms with E-state index in [9.17, 15) is 0 Å². The molecule has 0 amide bonds. The molecular formula is C19H36IN5. The Balaban J connectivity index is 0.00000576. The van der Waals surface area contributed by atoms with Crippen LogP contribution in [0.3, 0.4) is 0 Å². The predicted molar refractivity (Wildman–Crippen MR) is 119 cm³/mol. The Bertz CT molecular complexity index is 477. The van der Waals surface area contributed by atoms with Crippen LogP contribution in [0.2, 0.25) is 0 Å². The van der Waals surface area contributed by atoms with E-state index in [4.69, 9.17) is 0 Å². The van der Waals surface area contributed by atoms with E-state index in [-0.39, 0.29) is 24.0 Å². The number of nitrogens with zero attached hydrogens (tertiary/aromatic N) is 3. The fraction of sp³-hybridized carbons (Fsp3) is 0.684. The first kappa shape index (κ1) is 24.1. The highest BCUT2D eigenvalue weighted by Crippen LogP contribution is 2.05. The van der Waals surface area contributed by atoms with E-state index >= 15 is 0 Å². The van der Waals surface area contributed by atoms with Crippen molar-refractivity contribution in [2.75, 3.05) is 26.7 Å². The average Bonchev–Trinajstić information content (AvgIpc) is 2.54. The number of rotatable bonds is 9. The molecule has 0 saturated heterocycles. The van der Waals surface area contributed by atoms with Crippen LogP contribution in [0.4, 0.5) is 0 Å². The number of hydrogen-bond acceptors (Lipinski definition) is 3. The molecule has 1 rings (SSSR count). The van der Waals surface area contributed by atoms with E-state index in [1.54, 1.807) is 0 Å².